The van der Waals surface area contributed by atoms with Crippen molar-refractivity contribution in [1.29, 1.82) is 0 Å². The van der Waals surface area contributed by atoms with Crippen molar-refractivity contribution in [3.63, 3.8) is 0 Å². The van der Waals surface area contributed by atoms with Gasteiger partial charge in [0.05, 0.1) is 18.3 Å². The van der Waals surface area contributed by atoms with Crippen LogP contribution >= 0.6 is 11.3 Å². The Labute approximate surface area is 178 Å². The zero-order chi connectivity index (χ0) is 20.8. The molecule has 0 amide bonds. The Morgan fingerprint density at radius 1 is 1.17 bits per heavy atom. The van der Waals surface area contributed by atoms with E-state index in [1.807, 2.05) is 38.1 Å². The summed E-state index contributed by atoms with van der Waals surface area (Å²) in [7, 11) is 0. The average molecular weight is 418 g/mol. The Kier molecular flexibility index (Phi) is 4.66. The molecule has 4 aromatic rings. The van der Waals surface area contributed by atoms with Gasteiger partial charge < -0.3 is 4.57 Å². The molecule has 3 aromatic heterocycles. The van der Waals surface area contributed by atoms with Gasteiger partial charge in [0.25, 0.3) is 5.56 Å². The Bertz CT molecular complexity index is 1330. The molecule has 1 aromatic carbocycles. The number of carbonyl (C=O) groups is 1. The van der Waals surface area contributed by atoms with Gasteiger partial charge in [-0.3, -0.25) is 14.2 Å². The van der Waals surface area contributed by atoms with Crippen LogP contribution in [0.5, 0.6) is 0 Å². The van der Waals surface area contributed by atoms with Crippen LogP contribution in [0.1, 0.15) is 44.2 Å². The van der Waals surface area contributed by atoms with Gasteiger partial charge in [-0.1, -0.05) is 30.3 Å². The van der Waals surface area contributed by atoms with E-state index in [0.717, 1.165) is 53.0 Å². The van der Waals surface area contributed by atoms with E-state index in [-0.39, 0.29) is 17.9 Å². The van der Waals surface area contributed by atoms with Crippen molar-refractivity contribution in [3.05, 3.63) is 86.0 Å². The Balaban J connectivity index is 1.46. The van der Waals surface area contributed by atoms with Crippen LogP contribution in [0.2, 0.25) is 0 Å². The summed E-state index contributed by atoms with van der Waals surface area (Å²) in [6, 6.07) is 12.1. The van der Waals surface area contributed by atoms with Gasteiger partial charge in [-0.15, -0.1) is 11.3 Å². The number of ketones is 1. The van der Waals surface area contributed by atoms with Crippen LogP contribution in [-0.4, -0.2) is 19.9 Å². The van der Waals surface area contributed by atoms with Gasteiger partial charge in [0.1, 0.15) is 4.83 Å². The van der Waals surface area contributed by atoms with Gasteiger partial charge in [0.2, 0.25) is 0 Å². The topological polar surface area (TPSA) is 56.9 Å². The van der Waals surface area contributed by atoms with Crippen LogP contribution < -0.4 is 5.56 Å². The third-order valence-electron chi connectivity index (χ3n) is 6.06. The number of rotatable bonds is 5. The third-order valence-corrected chi connectivity index (χ3v) is 7.26. The average Bonchev–Trinajstić information content (AvgIpc) is 3.40. The molecule has 0 fully saturated rings. The second kappa shape index (κ2) is 7.36. The van der Waals surface area contributed by atoms with Crippen LogP contribution in [0, 0.1) is 13.8 Å². The number of aromatic nitrogens is 3. The molecule has 0 saturated carbocycles. The zero-order valence-electron chi connectivity index (χ0n) is 17.1. The number of aryl methyl sites for hydroxylation is 3. The van der Waals surface area contributed by atoms with E-state index in [0.29, 0.717) is 5.56 Å². The van der Waals surface area contributed by atoms with Crippen LogP contribution in [0.3, 0.4) is 0 Å². The number of carbonyl (C=O) groups excluding carboxylic acids is 1. The predicted molar refractivity (Wildman–Crippen MR) is 120 cm³/mol. The lowest BCUT2D eigenvalue weighted by Gasteiger charge is -2.10. The second-order valence-corrected chi connectivity index (χ2v) is 9.08. The third kappa shape index (κ3) is 3.12. The highest BCUT2D eigenvalue weighted by molar-refractivity contribution is 7.18. The molecule has 0 saturated heterocycles. The van der Waals surface area contributed by atoms with Gasteiger partial charge >= 0.3 is 0 Å². The number of thiophene rings is 1. The highest BCUT2D eigenvalue weighted by atomic mass is 32.1. The van der Waals surface area contributed by atoms with Crippen molar-refractivity contribution in [2.24, 2.45) is 0 Å². The first kappa shape index (κ1) is 19.0. The molecule has 5 rings (SSSR count). The van der Waals surface area contributed by atoms with Gasteiger partial charge in [0.15, 0.2) is 5.78 Å². The van der Waals surface area contributed by atoms with Gasteiger partial charge in [0, 0.05) is 28.4 Å². The van der Waals surface area contributed by atoms with Crippen LogP contribution in [-0.2, 0) is 25.9 Å². The van der Waals surface area contributed by atoms with Crippen LogP contribution in [0.25, 0.3) is 10.2 Å². The molecule has 1 aliphatic rings. The lowest BCUT2D eigenvalue weighted by Crippen LogP contribution is -2.25. The summed E-state index contributed by atoms with van der Waals surface area (Å²) in [6.45, 7) is 4.72. The number of benzene rings is 1. The quantitative estimate of drug-likeness (QED) is 0.455. The molecule has 152 valence electrons. The van der Waals surface area contributed by atoms with Gasteiger partial charge in [-0.05, 0) is 50.3 Å². The van der Waals surface area contributed by atoms with Crippen molar-refractivity contribution in [2.45, 2.75) is 46.2 Å². The molecule has 30 heavy (non-hydrogen) atoms. The maximum Gasteiger partial charge on any atom is 0.262 e. The van der Waals surface area contributed by atoms with E-state index in [1.54, 1.807) is 11.3 Å². The molecule has 0 bridgehead atoms. The summed E-state index contributed by atoms with van der Waals surface area (Å²) in [4.78, 5) is 32.8. The first-order valence-corrected chi connectivity index (χ1v) is 11.1. The van der Waals surface area contributed by atoms with E-state index >= 15 is 0 Å². The Hall–Kier alpha value is -2.99. The largest absolute Gasteiger partial charge is 0.344 e. The number of nitrogens with zero attached hydrogens (tertiary/aromatic N) is 3. The molecule has 1 aliphatic carbocycles. The zero-order valence-corrected chi connectivity index (χ0v) is 18.0. The normalized spacial score (nSPS) is 13.1. The lowest BCUT2D eigenvalue weighted by atomic mass is 10.1. The van der Waals surface area contributed by atoms with E-state index in [1.165, 1.54) is 21.3 Å². The monoisotopic (exact) mass is 417 g/mol. The standard InChI is InChI=1S/C24H23N3O2S/c1-15-11-19(16(2)27(15)12-17-7-4-3-5-8-17)20(28)13-26-14-25-23-22(24(26)29)18-9-6-10-21(18)30-23/h3-5,7-8,11,14H,6,9-10,12-13H2,1-2H3. The summed E-state index contributed by atoms with van der Waals surface area (Å²) in [5.41, 5.74) is 4.89. The SMILES string of the molecule is Cc1cc(C(=O)Cn2cnc3sc4c(c3c2=O)CCC4)c(C)n1Cc1ccccc1. The van der Waals surface area contributed by atoms with E-state index in [2.05, 4.69) is 21.7 Å². The summed E-state index contributed by atoms with van der Waals surface area (Å²) in [5.74, 6) is -0.0578. The fourth-order valence-electron chi connectivity index (χ4n) is 4.46. The molecule has 0 unspecified atom stereocenters. The van der Waals surface area contributed by atoms with Crippen molar-refractivity contribution < 1.29 is 4.79 Å². The maximum absolute atomic E-state index is 13.1. The molecule has 0 aliphatic heterocycles. The highest BCUT2D eigenvalue weighted by Gasteiger charge is 2.22. The summed E-state index contributed by atoms with van der Waals surface area (Å²) < 4.78 is 3.62. The summed E-state index contributed by atoms with van der Waals surface area (Å²) in [5, 5.41) is 0.720. The van der Waals surface area contributed by atoms with Crippen LogP contribution in [0.15, 0.2) is 47.5 Å². The molecule has 0 radical (unpaired) electrons. The van der Waals surface area contributed by atoms with Crippen molar-refractivity contribution in [1.82, 2.24) is 14.1 Å². The van der Waals surface area contributed by atoms with Gasteiger partial charge in [-0.2, -0.15) is 0 Å². The fraction of sp³-hybridized carbons (Fsp3) is 0.292. The highest BCUT2D eigenvalue weighted by Crippen LogP contribution is 2.34. The molecule has 0 N–H and O–H groups in total. The molecule has 0 spiro atoms. The van der Waals surface area contributed by atoms with Crippen molar-refractivity contribution in [3.8, 4) is 0 Å². The molecular weight excluding hydrogens is 394 g/mol. The Morgan fingerprint density at radius 3 is 2.77 bits per heavy atom. The minimum Gasteiger partial charge on any atom is -0.344 e. The van der Waals surface area contributed by atoms with Crippen molar-refractivity contribution >= 4 is 27.3 Å². The minimum atomic E-state index is -0.0918. The molecule has 6 heteroatoms. The van der Waals surface area contributed by atoms with E-state index in [9.17, 15) is 9.59 Å². The predicted octanol–water partition coefficient (Wildman–Crippen LogP) is 4.30. The molecular formula is C24H23N3O2S. The molecule has 3 heterocycles. The maximum atomic E-state index is 13.1. The minimum absolute atomic E-state index is 0.0159. The fourth-order valence-corrected chi connectivity index (χ4v) is 5.68. The first-order valence-electron chi connectivity index (χ1n) is 10.3. The summed E-state index contributed by atoms with van der Waals surface area (Å²) in [6.07, 6.45) is 4.59. The number of hydrogen-bond donors (Lipinski definition) is 0. The second-order valence-electron chi connectivity index (χ2n) is 7.99. The van der Waals surface area contributed by atoms with Crippen molar-refractivity contribution in [2.75, 3.05) is 0 Å². The molecule has 0 atom stereocenters. The number of hydrogen-bond acceptors (Lipinski definition) is 4. The smallest absolute Gasteiger partial charge is 0.262 e. The molecule has 5 nitrogen and oxygen atoms in total. The first-order chi connectivity index (χ1) is 14.5. The Morgan fingerprint density at radius 2 is 1.97 bits per heavy atom. The van der Waals surface area contributed by atoms with E-state index < -0.39 is 0 Å². The van der Waals surface area contributed by atoms with Crippen LogP contribution in [0.4, 0.5) is 0 Å². The van der Waals surface area contributed by atoms with E-state index in [4.69, 9.17) is 0 Å². The lowest BCUT2D eigenvalue weighted by molar-refractivity contribution is 0.0970. The number of fused-ring (bicyclic) bond motifs is 3. The number of Topliss-reactive ketones (excluding diaryl/α,β-unsaturated/α-hetero) is 1. The van der Waals surface area contributed by atoms with Gasteiger partial charge in [-0.25, -0.2) is 4.98 Å². The summed E-state index contributed by atoms with van der Waals surface area (Å²) >= 11 is 1.62.